The molecule has 0 atom stereocenters. The van der Waals surface area contributed by atoms with Gasteiger partial charge in [-0.05, 0) is 26.8 Å². The second-order valence-electron chi connectivity index (χ2n) is 8.08. The van der Waals surface area contributed by atoms with E-state index in [2.05, 4.69) is 25.4 Å². The molecule has 0 spiro atoms. The van der Waals surface area contributed by atoms with Gasteiger partial charge >= 0.3 is 0 Å². The summed E-state index contributed by atoms with van der Waals surface area (Å²) in [4.78, 5) is 25.5. The summed E-state index contributed by atoms with van der Waals surface area (Å²) < 4.78 is 24.3. The van der Waals surface area contributed by atoms with Crippen LogP contribution in [0.5, 0.6) is 28.9 Å². The van der Waals surface area contributed by atoms with E-state index in [4.69, 9.17) is 18.9 Å². The number of amides is 1. The summed E-state index contributed by atoms with van der Waals surface area (Å²) in [6, 6.07) is 5.40. The van der Waals surface area contributed by atoms with Crippen LogP contribution in [0.15, 0.2) is 43.1 Å². The van der Waals surface area contributed by atoms with E-state index < -0.39 is 0 Å². The number of ether oxygens (including phenoxy) is 4. The van der Waals surface area contributed by atoms with E-state index in [0.717, 1.165) is 0 Å². The molecule has 1 amide bonds. The third-order valence-electron chi connectivity index (χ3n) is 5.27. The molecule has 3 heterocycles. The molecule has 0 aliphatic rings. The monoisotopic (exact) mass is 492 g/mol. The highest BCUT2D eigenvalue weighted by Gasteiger charge is 2.16. The number of aromatic nitrogens is 5. The molecule has 36 heavy (non-hydrogen) atoms. The van der Waals surface area contributed by atoms with Crippen molar-refractivity contribution in [1.29, 1.82) is 0 Å². The second-order valence-corrected chi connectivity index (χ2v) is 8.08. The summed E-state index contributed by atoms with van der Waals surface area (Å²) in [5, 5.41) is 7.70. The number of methoxy groups -OCH3 is 2. The predicted molar refractivity (Wildman–Crippen MR) is 133 cm³/mol. The van der Waals surface area contributed by atoms with Crippen LogP contribution in [0.4, 0.5) is 5.69 Å². The number of carbonyl (C=O) groups excluding carboxylic acids is 1. The van der Waals surface area contributed by atoms with Crippen molar-refractivity contribution in [3.63, 3.8) is 0 Å². The maximum Gasteiger partial charge on any atom is 0.230 e. The maximum absolute atomic E-state index is 12.6. The molecule has 11 nitrogen and oxygen atoms in total. The molecule has 0 aliphatic carbocycles. The molecular formula is C25H28N6O5. The van der Waals surface area contributed by atoms with Crippen molar-refractivity contribution < 1.29 is 23.7 Å². The van der Waals surface area contributed by atoms with Gasteiger partial charge in [0.05, 0.1) is 61.9 Å². The summed E-state index contributed by atoms with van der Waals surface area (Å²) in [5.74, 6) is 2.01. The van der Waals surface area contributed by atoms with Gasteiger partial charge in [0.2, 0.25) is 11.8 Å². The van der Waals surface area contributed by atoms with E-state index in [1.807, 2.05) is 20.8 Å². The highest BCUT2D eigenvalue weighted by molar-refractivity contribution is 5.92. The number of nitrogens with one attached hydrogen (secondary N) is 1. The van der Waals surface area contributed by atoms with Gasteiger partial charge in [0.1, 0.15) is 12.1 Å². The van der Waals surface area contributed by atoms with Gasteiger partial charge in [-0.1, -0.05) is 0 Å². The standard InChI is InChI=1S/C25H28N6O5/c1-6-35-23-8-18-19(9-22(23)34-5)27-14-28-25(18)36-17-7-21(33-4)20(26-12-17)10-24(32)30-16-11-29-31(13-16)15(2)3/h7-9,11-15H,6,10H2,1-5H3,(H,30,32). The number of fused-ring (bicyclic) bond motifs is 1. The normalized spacial score (nSPS) is 10.9. The lowest BCUT2D eigenvalue weighted by molar-refractivity contribution is -0.115. The Kier molecular flexibility index (Phi) is 7.47. The van der Waals surface area contributed by atoms with E-state index in [0.29, 0.717) is 57.8 Å². The van der Waals surface area contributed by atoms with Gasteiger partial charge in [0, 0.05) is 24.4 Å². The topological polar surface area (TPSA) is 123 Å². The molecule has 3 aromatic heterocycles. The summed E-state index contributed by atoms with van der Waals surface area (Å²) in [6.07, 6.45) is 6.33. The minimum Gasteiger partial charge on any atom is -0.495 e. The number of anilines is 1. The highest BCUT2D eigenvalue weighted by Crippen LogP contribution is 2.36. The van der Waals surface area contributed by atoms with Crippen LogP contribution < -0.4 is 24.3 Å². The lowest BCUT2D eigenvalue weighted by atomic mass is 10.2. The lowest BCUT2D eigenvalue weighted by Gasteiger charge is -2.13. The Hall–Kier alpha value is -4.41. The number of carbonyl (C=O) groups is 1. The fourth-order valence-corrected chi connectivity index (χ4v) is 3.52. The van der Waals surface area contributed by atoms with E-state index in [1.165, 1.54) is 19.6 Å². The van der Waals surface area contributed by atoms with Crippen LogP contribution in [0, 0.1) is 0 Å². The zero-order chi connectivity index (χ0) is 25.7. The molecule has 4 aromatic rings. The minimum absolute atomic E-state index is 0.0181. The van der Waals surface area contributed by atoms with Crippen LogP contribution >= 0.6 is 0 Å². The molecule has 0 aliphatic heterocycles. The van der Waals surface area contributed by atoms with E-state index in [9.17, 15) is 4.79 Å². The van der Waals surface area contributed by atoms with E-state index >= 15 is 0 Å². The molecule has 11 heteroatoms. The molecule has 0 saturated heterocycles. The van der Waals surface area contributed by atoms with Crippen molar-refractivity contribution in [2.75, 3.05) is 26.1 Å². The molecule has 1 N–H and O–H groups in total. The summed E-state index contributed by atoms with van der Waals surface area (Å²) in [5.41, 5.74) is 1.72. The van der Waals surface area contributed by atoms with Gasteiger partial charge < -0.3 is 24.3 Å². The predicted octanol–water partition coefficient (Wildman–Crippen LogP) is 4.19. The molecule has 0 fully saturated rings. The first kappa shape index (κ1) is 24.7. The van der Waals surface area contributed by atoms with Crippen molar-refractivity contribution in [2.24, 2.45) is 0 Å². The quantitative estimate of drug-likeness (QED) is 0.347. The van der Waals surface area contributed by atoms with E-state index in [1.54, 1.807) is 42.4 Å². The first-order valence-corrected chi connectivity index (χ1v) is 11.4. The Bertz CT molecular complexity index is 1370. The molecule has 188 valence electrons. The Balaban J connectivity index is 1.54. The average molecular weight is 493 g/mol. The van der Waals surface area contributed by atoms with Crippen molar-refractivity contribution >= 4 is 22.5 Å². The van der Waals surface area contributed by atoms with E-state index in [-0.39, 0.29) is 18.4 Å². The van der Waals surface area contributed by atoms with Gasteiger partial charge in [0.25, 0.3) is 0 Å². The highest BCUT2D eigenvalue weighted by atomic mass is 16.5. The zero-order valence-corrected chi connectivity index (χ0v) is 20.8. The third kappa shape index (κ3) is 5.45. The fourth-order valence-electron chi connectivity index (χ4n) is 3.52. The minimum atomic E-state index is -0.239. The summed E-state index contributed by atoms with van der Waals surface area (Å²) in [6.45, 7) is 6.38. The number of pyridine rings is 1. The molecular weight excluding hydrogens is 464 g/mol. The van der Waals surface area contributed by atoms with Gasteiger partial charge in [-0.2, -0.15) is 5.10 Å². The van der Waals surface area contributed by atoms with Crippen LogP contribution in [-0.2, 0) is 11.2 Å². The maximum atomic E-state index is 12.6. The Labute approximate surface area is 208 Å². The van der Waals surface area contributed by atoms with Crippen LogP contribution in [0.2, 0.25) is 0 Å². The van der Waals surface area contributed by atoms with Gasteiger partial charge in [-0.15, -0.1) is 0 Å². The number of hydrogen-bond donors (Lipinski definition) is 1. The molecule has 0 saturated carbocycles. The number of nitrogens with zero attached hydrogens (tertiary/aromatic N) is 5. The van der Waals surface area contributed by atoms with Crippen LogP contribution in [-0.4, -0.2) is 51.5 Å². The summed E-state index contributed by atoms with van der Waals surface area (Å²) in [7, 11) is 3.08. The van der Waals surface area contributed by atoms with Crippen molar-refractivity contribution in [3.8, 4) is 28.9 Å². The van der Waals surface area contributed by atoms with Gasteiger partial charge in [-0.25, -0.2) is 9.97 Å². The van der Waals surface area contributed by atoms with Crippen LogP contribution in [0.25, 0.3) is 10.9 Å². The average Bonchev–Trinajstić information content (AvgIpc) is 3.33. The number of hydrogen-bond acceptors (Lipinski definition) is 9. The molecule has 0 unspecified atom stereocenters. The fraction of sp³-hybridized carbons (Fsp3) is 0.320. The van der Waals surface area contributed by atoms with Crippen LogP contribution in [0.1, 0.15) is 32.5 Å². The number of benzene rings is 1. The lowest BCUT2D eigenvalue weighted by Crippen LogP contribution is -2.15. The molecule has 0 bridgehead atoms. The Morgan fingerprint density at radius 2 is 1.83 bits per heavy atom. The SMILES string of the molecule is CCOc1cc2c(Oc3cnc(CC(=O)Nc4cnn(C(C)C)c4)c(OC)c3)ncnc2cc1OC. The zero-order valence-electron chi connectivity index (χ0n) is 20.8. The van der Waals surface area contributed by atoms with Gasteiger partial charge in [-0.3, -0.25) is 14.5 Å². The molecule has 4 rings (SSSR count). The van der Waals surface area contributed by atoms with Crippen molar-refractivity contribution in [2.45, 2.75) is 33.2 Å². The third-order valence-corrected chi connectivity index (χ3v) is 5.27. The first-order valence-electron chi connectivity index (χ1n) is 11.4. The summed E-state index contributed by atoms with van der Waals surface area (Å²) >= 11 is 0. The molecule has 1 aromatic carbocycles. The first-order chi connectivity index (χ1) is 17.4. The smallest absolute Gasteiger partial charge is 0.230 e. The Morgan fingerprint density at radius 3 is 2.53 bits per heavy atom. The van der Waals surface area contributed by atoms with Crippen molar-refractivity contribution in [1.82, 2.24) is 24.7 Å². The second kappa shape index (κ2) is 10.9. The Morgan fingerprint density at radius 1 is 1.03 bits per heavy atom. The molecule has 0 radical (unpaired) electrons. The van der Waals surface area contributed by atoms with Crippen LogP contribution in [0.3, 0.4) is 0 Å². The van der Waals surface area contributed by atoms with Crippen molar-refractivity contribution in [3.05, 3.63) is 48.8 Å². The largest absolute Gasteiger partial charge is 0.495 e. The number of rotatable bonds is 10. The van der Waals surface area contributed by atoms with Gasteiger partial charge in [0.15, 0.2) is 17.2 Å².